The molecule has 0 aromatic carbocycles. The molecule has 1 aromatic rings. The second-order valence-electron chi connectivity index (χ2n) is 3.40. The molecule has 19 heavy (non-hydrogen) atoms. The SMILES string of the molecule is CCOC(=O)CS/C(C)=N/c1[nH]c(=S)[nH]c(=O)c1N. The Balaban J connectivity index is 2.82. The molecule has 1 heterocycles. The molecule has 0 aliphatic carbocycles. The van der Waals surface area contributed by atoms with Gasteiger partial charge in [0, 0.05) is 0 Å². The number of anilines is 1. The first-order valence-corrected chi connectivity index (χ1v) is 6.79. The summed E-state index contributed by atoms with van der Waals surface area (Å²) in [5.41, 5.74) is 5.03. The summed E-state index contributed by atoms with van der Waals surface area (Å²) < 4.78 is 4.93. The van der Waals surface area contributed by atoms with Crippen molar-refractivity contribution in [1.82, 2.24) is 9.97 Å². The van der Waals surface area contributed by atoms with Crippen molar-refractivity contribution in [2.24, 2.45) is 4.99 Å². The molecule has 0 saturated heterocycles. The number of carbonyl (C=O) groups excluding carboxylic acids is 1. The summed E-state index contributed by atoms with van der Waals surface area (Å²) in [6.45, 7) is 3.77. The van der Waals surface area contributed by atoms with Crippen LogP contribution in [-0.4, -0.2) is 33.3 Å². The van der Waals surface area contributed by atoms with Crippen LogP contribution in [-0.2, 0) is 9.53 Å². The number of nitrogens with one attached hydrogen (secondary N) is 2. The van der Waals surface area contributed by atoms with Gasteiger partial charge in [-0.1, -0.05) is 11.8 Å². The smallest absolute Gasteiger partial charge is 0.316 e. The second kappa shape index (κ2) is 7.10. The number of aliphatic imine (C=N–C) groups is 1. The lowest BCUT2D eigenvalue weighted by Gasteiger charge is -2.03. The van der Waals surface area contributed by atoms with Crippen LogP contribution in [0.15, 0.2) is 9.79 Å². The van der Waals surface area contributed by atoms with Crippen molar-refractivity contribution in [2.75, 3.05) is 18.1 Å². The molecular formula is C10H14N4O3S2. The third-order valence-corrected chi connectivity index (χ3v) is 3.03. The molecule has 7 nitrogen and oxygen atoms in total. The fraction of sp³-hybridized carbons (Fsp3) is 0.400. The van der Waals surface area contributed by atoms with Gasteiger partial charge >= 0.3 is 5.97 Å². The van der Waals surface area contributed by atoms with Crippen molar-refractivity contribution in [1.29, 1.82) is 0 Å². The summed E-state index contributed by atoms with van der Waals surface area (Å²) in [4.78, 5) is 31.7. The zero-order chi connectivity index (χ0) is 14.4. The second-order valence-corrected chi connectivity index (χ2v) is 4.97. The summed E-state index contributed by atoms with van der Waals surface area (Å²) in [6, 6.07) is 0. The average molecular weight is 302 g/mol. The monoisotopic (exact) mass is 302 g/mol. The van der Waals surface area contributed by atoms with Crippen molar-refractivity contribution in [3.63, 3.8) is 0 Å². The third-order valence-electron chi connectivity index (χ3n) is 1.93. The van der Waals surface area contributed by atoms with Crippen LogP contribution >= 0.6 is 24.0 Å². The number of carbonyl (C=O) groups is 1. The highest BCUT2D eigenvalue weighted by Gasteiger charge is 2.06. The molecule has 104 valence electrons. The van der Waals surface area contributed by atoms with Crippen LogP contribution < -0.4 is 11.3 Å². The fourth-order valence-electron chi connectivity index (χ4n) is 1.13. The number of aromatic nitrogens is 2. The summed E-state index contributed by atoms with van der Waals surface area (Å²) in [5, 5.41) is 0.566. The van der Waals surface area contributed by atoms with E-state index >= 15 is 0 Å². The van der Waals surface area contributed by atoms with Gasteiger partial charge in [0.15, 0.2) is 10.6 Å². The van der Waals surface area contributed by atoms with Gasteiger partial charge in [-0.05, 0) is 26.1 Å². The highest BCUT2D eigenvalue weighted by molar-refractivity contribution is 8.14. The molecule has 9 heteroatoms. The van der Waals surface area contributed by atoms with Crippen molar-refractivity contribution in [3.05, 3.63) is 15.1 Å². The molecule has 0 saturated carbocycles. The molecular weight excluding hydrogens is 288 g/mol. The number of rotatable bonds is 4. The number of aromatic amines is 2. The molecule has 1 aromatic heterocycles. The molecule has 0 bridgehead atoms. The lowest BCUT2D eigenvalue weighted by molar-refractivity contribution is -0.139. The molecule has 1 rings (SSSR count). The lowest BCUT2D eigenvalue weighted by Crippen LogP contribution is -2.13. The van der Waals surface area contributed by atoms with Gasteiger partial charge < -0.3 is 15.5 Å². The summed E-state index contributed by atoms with van der Waals surface area (Å²) >= 11 is 6.02. The zero-order valence-electron chi connectivity index (χ0n) is 10.5. The number of nitrogen functional groups attached to an aromatic ring is 1. The van der Waals surface area contributed by atoms with Gasteiger partial charge in [0.25, 0.3) is 5.56 Å². The summed E-state index contributed by atoms with van der Waals surface area (Å²) in [5.74, 6) is 0.00368. The number of H-pyrrole nitrogens is 2. The zero-order valence-corrected chi connectivity index (χ0v) is 12.1. The van der Waals surface area contributed by atoms with Crippen molar-refractivity contribution < 1.29 is 9.53 Å². The quantitative estimate of drug-likeness (QED) is 0.335. The molecule has 0 spiro atoms. The molecule has 0 unspecified atom stereocenters. The normalized spacial score (nSPS) is 11.4. The molecule has 0 radical (unpaired) electrons. The molecule has 0 amide bonds. The number of hydrogen-bond acceptors (Lipinski definition) is 7. The van der Waals surface area contributed by atoms with Gasteiger partial charge in [0.05, 0.1) is 17.4 Å². The predicted octanol–water partition coefficient (Wildman–Crippen LogP) is 1.36. The summed E-state index contributed by atoms with van der Waals surface area (Å²) in [6.07, 6.45) is 0. The fourth-order valence-corrected chi connectivity index (χ4v) is 1.88. The first-order chi connectivity index (χ1) is 8.93. The van der Waals surface area contributed by atoms with Gasteiger partial charge in [-0.15, -0.1) is 0 Å². The van der Waals surface area contributed by atoms with Crippen molar-refractivity contribution in [3.8, 4) is 0 Å². The van der Waals surface area contributed by atoms with E-state index in [2.05, 4.69) is 15.0 Å². The van der Waals surface area contributed by atoms with E-state index in [-0.39, 0.29) is 28.0 Å². The van der Waals surface area contributed by atoms with Crippen LogP contribution in [0.5, 0.6) is 0 Å². The number of hydrogen-bond donors (Lipinski definition) is 3. The third kappa shape index (κ3) is 4.87. The van der Waals surface area contributed by atoms with Gasteiger partial charge in [0.2, 0.25) is 0 Å². The van der Waals surface area contributed by atoms with Gasteiger partial charge in [-0.3, -0.25) is 14.6 Å². The Morgan fingerprint density at radius 2 is 2.21 bits per heavy atom. The first kappa shape index (κ1) is 15.4. The number of nitrogens with zero attached hydrogens (tertiary/aromatic N) is 1. The number of esters is 1. The molecule has 4 N–H and O–H groups in total. The van der Waals surface area contributed by atoms with E-state index in [0.717, 1.165) is 0 Å². The Morgan fingerprint density at radius 3 is 2.84 bits per heavy atom. The molecule has 0 aliphatic rings. The van der Waals surface area contributed by atoms with Crippen LogP contribution in [0.4, 0.5) is 11.5 Å². The van der Waals surface area contributed by atoms with Crippen molar-refractivity contribution >= 4 is 46.5 Å². The maximum atomic E-state index is 11.4. The Hall–Kier alpha value is -1.61. The standard InChI is InChI=1S/C10H14N4O3S2/c1-3-17-6(15)4-19-5(2)12-8-7(11)9(16)14-10(18)13-8/h3-4,11H2,1-2H3,(H2,13,14,16,18)/b12-5+. The minimum absolute atomic E-state index is 0.0512. The van der Waals surface area contributed by atoms with E-state index in [1.807, 2.05) is 0 Å². The molecule has 0 atom stereocenters. The summed E-state index contributed by atoms with van der Waals surface area (Å²) in [7, 11) is 0. The minimum atomic E-state index is -0.495. The van der Waals surface area contributed by atoms with E-state index in [9.17, 15) is 9.59 Å². The number of nitrogens with two attached hydrogens (primary N) is 1. The van der Waals surface area contributed by atoms with E-state index in [0.29, 0.717) is 11.7 Å². The highest BCUT2D eigenvalue weighted by atomic mass is 32.2. The van der Waals surface area contributed by atoms with Crippen LogP contribution in [0.25, 0.3) is 0 Å². The van der Waals surface area contributed by atoms with E-state index in [1.165, 1.54) is 11.8 Å². The Kier molecular flexibility index (Phi) is 5.77. The maximum Gasteiger partial charge on any atom is 0.316 e. The van der Waals surface area contributed by atoms with Gasteiger partial charge in [-0.2, -0.15) is 0 Å². The van der Waals surface area contributed by atoms with Crippen LogP contribution in [0, 0.1) is 4.77 Å². The molecule has 0 aliphatic heterocycles. The highest BCUT2D eigenvalue weighted by Crippen LogP contribution is 2.16. The van der Waals surface area contributed by atoms with Crippen LogP contribution in [0.2, 0.25) is 0 Å². The Morgan fingerprint density at radius 1 is 1.53 bits per heavy atom. The largest absolute Gasteiger partial charge is 0.465 e. The lowest BCUT2D eigenvalue weighted by atomic mass is 10.5. The van der Waals surface area contributed by atoms with E-state index < -0.39 is 5.56 Å². The molecule has 0 fully saturated rings. The predicted molar refractivity (Wildman–Crippen MR) is 78.5 cm³/mol. The van der Waals surface area contributed by atoms with Gasteiger partial charge in [-0.25, -0.2) is 4.99 Å². The Bertz CT molecular complexity index is 606. The van der Waals surface area contributed by atoms with E-state index in [4.69, 9.17) is 22.7 Å². The maximum absolute atomic E-state index is 11.4. The van der Waals surface area contributed by atoms with Crippen LogP contribution in [0.3, 0.4) is 0 Å². The van der Waals surface area contributed by atoms with Gasteiger partial charge in [0.1, 0.15) is 5.69 Å². The number of thioether (sulfide) groups is 1. The van der Waals surface area contributed by atoms with E-state index in [1.54, 1.807) is 13.8 Å². The Labute approximate surface area is 118 Å². The average Bonchev–Trinajstić information content (AvgIpc) is 2.33. The topological polar surface area (TPSA) is 113 Å². The van der Waals surface area contributed by atoms with Crippen LogP contribution in [0.1, 0.15) is 13.8 Å². The first-order valence-electron chi connectivity index (χ1n) is 5.39. The van der Waals surface area contributed by atoms with Crippen molar-refractivity contribution in [2.45, 2.75) is 13.8 Å². The minimum Gasteiger partial charge on any atom is -0.465 e. The number of ether oxygens (including phenoxy) is 1.